The predicted octanol–water partition coefficient (Wildman–Crippen LogP) is 1.22. The summed E-state index contributed by atoms with van der Waals surface area (Å²) in [5.74, 6) is -0.948. The number of nitrogens with zero attached hydrogens (tertiary/aromatic N) is 1. The normalized spacial score (nSPS) is 23.2. The second kappa shape index (κ2) is 8.39. The quantitative estimate of drug-likeness (QED) is 0.568. The lowest BCUT2D eigenvalue weighted by atomic mass is 10.2. The third-order valence-electron chi connectivity index (χ3n) is 4.44. The van der Waals surface area contributed by atoms with Gasteiger partial charge in [0.05, 0.1) is 25.5 Å². The first-order valence-electron chi connectivity index (χ1n) is 8.88. The van der Waals surface area contributed by atoms with Crippen LogP contribution >= 0.6 is 11.8 Å². The second-order valence-corrected chi connectivity index (χ2v) is 7.59. The summed E-state index contributed by atoms with van der Waals surface area (Å²) in [7, 11) is 0. The largest absolute Gasteiger partial charge is 0.464 e. The van der Waals surface area contributed by atoms with E-state index < -0.39 is 10.8 Å². The minimum absolute atomic E-state index is 0.222. The summed E-state index contributed by atoms with van der Waals surface area (Å²) in [6.07, 6.45) is 0. The molecule has 2 N–H and O–H groups in total. The van der Waals surface area contributed by atoms with Gasteiger partial charge in [-0.3, -0.25) is 15.0 Å². The van der Waals surface area contributed by atoms with Crippen molar-refractivity contribution in [3.8, 4) is 0 Å². The predicted molar refractivity (Wildman–Crippen MR) is 100 cm³/mol. The number of thioether (sulfide) groups is 1. The molecule has 2 aliphatic rings. The van der Waals surface area contributed by atoms with Gasteiger partial charge in [0, 0.05) is 31.1 Å². The standard InChI is InChI=1S/C18H25N3O4S/c1-3-25-17(23)18(19-6-7-21-8-10-24-11-9-21)16(22)20-14-5-4-13(2)12-15(14)26-18/h4-5,12,19H,3,6-11H2,1-2H3,(H,20,22)/t18-/m1/s1. The van der Waals surface area contributed by atoms with Gasteiger partial charge >= 0.3 is 5.97 Å². The van der Waals surface area contributed by atoms with Crippen molar-refractivity contribution in [1.29, 1.82) is 0 Å². The molecular weight excluding hydrogens is 354 g/mol. The maximum atomic E-state index is 12.8. The molecule has 7 nitrogen and oxygen atoms in total. The average Bonchev–Trinajstić information content (AvgIpc) is 2.63. The van der Waals surface area contributed by atoms with Crippen molar-refractivity contribution in [3.63, 3.8) is 0 Å². The Bertz CT molecular complexity index is 678. The van der Waals surface area contributed by atoms with Crippen molar-refractivity contribution in [3.05, 3.63) is 23.8 Å². The molecule has 1 fully saturated rings. The van der Waals surface area contributed by atoms with Crippen LogP contribution in [0.3, 0.4) is 0 Å². The molecule has 1 amide bonds. The monoisotopic (exact) mass is 379 g/mol. The molecule has 1 atom stereocenters. The summed E-state index contributed by atoms with van der Waals surface area (Å²) in [5, 5.41) is 6.02. The van der Waals surface area contributed by atoms with Crippen LogP contribution in [0, 0.1) is 6.92 Å². The molecule has 142 valence electrons. The molecule has 1 saturated heterocycles. The van der Waals surface area contributed by atoms with Gasteiger partial charge in [-0.25, -0.2) is 4.79 Å². The van der Waals surface area contributed by atoms with E-state index in [1.165, 1.54) is 11.8 Å². The van der Waals surface area contributed by atoms with Gasteiger partial charge in [-0.05, 0) is 31.5 Å². The van der Waals surface area contributed by atoms with Crippen molar-refractivity contribution in [2.24, 2.45) is 0 Å². The third-order valence-corrected chi connectivity index (χ3v) is 5.80. The van der Waals surface area contributed by atoms with Crippen LogP contribution in [0.1, 0.15) is 12.5 Å². The van der Waals surface area contributed by atoms with Gasteiger partial charge in [0.15, 0.2) is 0 Å². The highest BCUT2D eigenvalue weighted by Crippen LogP contribution is 2.42. The van der Waals surface area contributed by atoms with E-state index in [0.29, 0.717) is 19.8 Å². The van der Waals surface area contributed by atoms with Crippen LogP contribution in [0.25, 0.3) is 0 Å². The first kappa shape index (κ1) is 19.2. The van der Waals surface area contributed by atoms with E-state index in [9.17, 15) is 9.59 Å². The molecule has 0 aromatic heterocycles. The van der Waals surface area contributed by atoms with Gasteiger partial charge in [-0.1, -0.05) is 17.8 Å². The van der Waals surface area contributed by atoms with Gasteiger partial charge in [0.1, 0.15) is 0 Å². The zero-order valence-corrected chi connectivity index (χ0v) is 16.0. The number of anilines is 1. The molecule has 0 radical (unpaired) electrons. The minimum atomic E-state index is -1.47. The van der Waals surface area contributed by atoms with Crippen LogP contribution in [0.5, 0.6) is 0 Å². The van der Waals surface area contributed by atoms with E-state index in [0.717, 1.165) is 35.8 Å². The molecule has 0 bridgehead atoms. The number of hydrogen-bond acceptors (Lipinski definition) is 7. The molecule has 2 aliphatic heterocycles. The number of morpholine rings is 1. The number of ether oxygens (including phenoxy) is 2. The Morgan fingerprint density at radius 2 is 2.19 bits per heavy atom. The van der Waals surface area contributed by atoms with Crippen LogP contribution < -0.4 is 10.6 Å². The van der Waals surface area contributed by atoms with E-state index in [1.807, 2.05) is 25.1 Å². The minimum Gasteiger partial charge on any atom is -0.464 e. The summed E-state index contributed by atoms with van der Waals surface area (Å²) < 4.78 is 10.6. The Kier molecular flexibility index (Phi) is 6.18. The van der Waals surface area contributed by atoms with Gasteiger partial charge < -0.3 is 14.8 Å². The Morgan fingerprint density at radius 1 is 1.42 bits per heavy atom. The molecule has 26 heavy (non-hydrogen) atoms. The fourth-order valence-corrected chi connectivity index (χ4v) is 4.27. The number of amides is 1. The van der Waals surface area contributed by atoms with Crippen molar-refractivity contribution in [2.45, 2.75) is 23.6 Å². The van der Waals surface area contributed by atoms with Crippen LogP contribution in [0.15, 0.2) is 23.1 Å². The zero-order valence-electron chi connectivity index (χ0n) is 15.2. The molecule has 1 aromatic carbocycles. The maximum Gasteiger partial charge on any atom is 0.347 e. The van der Waals surface area contributed by atoms with E-state index >= 15 is 0 Å². The van der Waals surface area contributed by atoms with Crippen molar-refractivity contribution >= 4 is 29.3 Å². The van der Waals surface area contributed by atoms with Gasteiger partial charge in [0.2, 0.25) is 4.87 Å². The van der Waals surface area contributed by atoms with Gasteiger partial charge in [-0.2, -0.15) is 0 Å². The highest BCUT2D eigenvalue weighted by Gasteiger charge is 2.51. The van der Waals surface area contributed by atoms with Crippen LogP contribution in [0.2, 0.25) is 0 Å². The van der Waals surface area contributed by atoms with Crippen LogP contribution in [0.4, 0.5) is 5.69 Å². The molecule has 2 heterocycles. The Morgan fingerprint density at radius 3 is 2.92 bits per heavy atom. The number of hydrogen-bond donors (Lipinski definition) is 2. The molecule has 3 rings (SSSR count). The number of aryl methyl sites for hydroxylation is 1. The lowest BCUT2D eigenvalue weighted by Gasteiger charge is -2.35. The van der Waals surface area contributed by atoms with Crippen molar-refractivity contribution in [1.82, 2.24) is 10.2 Å². The van der Waals surface area contributed by atoms with E-state index in [2.05, 4.69) is 15.5 Å². The number of carbonyl (C=O) groups excluding carboxylic acids is 2. The summed E-state index contributed by atoms with van der Waals surface area (Å²) in [5.41, 5.74) is 1.79. The van der Waals surface area contributed by atoms with Gasteiger partial charge in [0.25, 0.3) is 5.91 Å². The molecule has 8 heteroatoms. The molecule has 0 saturated carbocycles. The maximum absolute atomic E-state index is 12.8. The number of rotatable bonds is 6. The first-order chi connectivity index (χ1) is 12.5. The second-order valence-electron chi connectivity index (χ2n) is 6.34. The SMILES string of the molecule is CCOC(=O)[C@]1(NCCN2CCOCC2)Sc2cc(C)ccc2NC1=O. The smallest absolute Gasteiger partial charge is 0.347 e. The topological polar surface area (TPSA) is 79.9 Å². The Hall–Kier alpha value is -1.61. The lowest BCUT2D eigenvalue weighted by molar-refractivity contribution is -0.150. The van der Waals surface area contributed by atoms with E-state index in [4.69, 9.17) is 9.47 Å². The number of fused-ring (bicyclic) bond motifs is 1. The summed E-state index contributed by atoms with van der Waals surface area (Å²) >= 11 is 1.22. The zero-order chi connectivity index (χ0) is 18.6. The molecule has 1 aromatic rings. The highest BCUT2D eigenvalue weighted by atomic mass is 32.2. The average molecular weight is 379 g/mol. The summed E-state index contributed by atoms with van der Waals surface area (Å²) in [6.45, 7) is 8.32. The molecular formula is C18H25N3O4S. The summed E-state index contributed by atoms with van der Waals surface area (Å²) in [6, 6.07) is 5.76. The number of nitrogens with one attached hydrogen (secondary N) is 2. The van der Waals surface area contributed by atoms with Crippen molar-refractivity contribution < 1.29 is 19.1 Å². The van der Waals surface area contributed by atoms with Crippen molar-refractivity contribution in [2.75, 3.05) is 51.3 Å². The van der Waals surface area contributed by atoms with E-state index in [1.54, 1.807) is 6.92 Å². The Labute approximate surface area is 157 Å². The lowest BCUT2D eigenvalue weighted by Crippen LogP contribution is -2.61. The van der Waals surface area contributed by atoms with Crippen LogP contribution in [-0.2, 0) is 19.1 Å². The fraction of sp³-hybridized carbons (Fsp3) is 0.556. The molecule has 0 aliphatic carbocycles. The van der Waals surface area contributed by atoms with Crippen LogP contribution in [-0.4, -0.2) is 67.6 Å². The number of benzene rings is 1. The fourth-order valence-electron chi connectivity index (χ4n) is 3.01. The number of carbonyl (C=O) groups is 2. The molecule has 0 unspecified atom stereocenters. The number of esters is 1. The summed E-state index contributed by atoms with van der Waals surface area (Å²) in [4.78, 5) is 27.2. The molecule has 0 spiro atoms. The Balaban J connectivity index is 1.77. The first-order valence-corrected chi connectivity index (χ1v) is 9.70. The van der Waals surface area contributed by atoms with E-state index in [-0.39, 0.29) is 12.5 Å². The highest BCUT2D eigenvalue weighted by molar-refractivity contribution is 8.02. The van der Waals surface area contributed by atoms with Gasteiger partial charge in [-0.15, -0.1) is 0 Å². The third kappa shape index (κ3) is 4.03.